The smallest absolute Gasteiger partial charge is 0.401 e. The van der Waals surface area contributed by atoms with Crippen LogP contribution in [0.4, 0.5) is 24.7 Å². The molecule has 4 aromatic rings. The quantitative estimate of drug-likeness (QED) is 0.265. The zero-order valence-corrected chi connectivity index (χ0v) is 32.6. The van der Waals surface area contributed by atoms with E-state index in [-0.39, 0.29) is 29.9 Å². The average molecular weight is 796 g/mol. The topological polar surface area (TPSA) is 113 Å². The van der Waals surface area contributed by atoms with Gasteiger partial charge in [0.05, 0.1) is 48.6 Å². The maximum atomic E-state index is 13.9. The second-order valence-corrected chi connectivity index (χ2v) is 17.0. The molecule has 4 atom stereocenters. The molecule has 8 heterocycles. The summed E-state index contributed by atoms with van der Waals surface area (Å²) >= 11 is 0. The van der Waals surface area contributed by atoms with Gasteiger partial charge in [0, 0.05) is 80.1 Å². The van der Waals surface area contributed by atoms with E-state index in [2.05, 4.69) is 36.8 Å². The molecule has 2 aromatic carbocycles. The van der Waals surface area contributed by atoms with Crippen molar-refractivity contribution in [2.24, 2.45) is 5.92 Å². The van der Waals surface area contributed by atoms with E-state index in [4.69, 9.17) is 9.72 Å². The Balaban J connectivity index is 0.766. The third kappa shape index (κ3) is 6.55. The van der Waals surface area contributed by atoms with Crippen molar-refractivity contribution in [3.05, 3.63) is 88.9 Å². The van der Waals surface area contributed by atoms with Crippen molar-refractivity contribution in [2.75, 3.05) is 62.2 Å². The number of rotatable bonds is 6. The normalized spacial score (nSPS) is 25.7. The molecule has 12 nitrogen and oxygen atoms in total. The van der Waals surface area contributed by atoms with Gasteiger partial charge < -0.3 is 24.8 Å². The Hall–Kier alpha value is -5.15. The largest absolute Gasteiger partial charge is 0.489 e. The van der Waals surface area contributed by atoms with Crippen LogP contribution in [0.3, 0.4) is 0 Å². The molecule has 0 saturated carbocycles. The molecule has 2 amide bonds. The molecule has 2 aromatic heterocycles. The number of piperidine rings is 2. The predicted octanol–water partition coefficient (Wildman–Crippen LogP) is 5.40. The number of aromatic nitrogens is 3. The summed E-state index contributed by atoms with van der Waals surface area (Å²) in [5.41, 5.74) is 6.80. The fourth-order valence-corrected chi connectivity index (χ4v) is 10.5. The first-order valence-corrected chi connectivity index (χ1v) is 20.5. The van der Waals surface area contributed by atoms with Gasteiger partial charge in [-0.1, -0.05) is 18.7 Å². The van der Waals surface area contributed by atoms with Crippen molar-refractivity contribution in [3.8, 4) is 5.75 Å². The lowest BCUT2D eigenvalue weighted by Crippen LogP contribution is -2.58. The van der Waals surface area contributed by atoms with Crippen LogP contribution in [0.15, 0.2) is 61.1 Å². The van der Waals surface area contributed by atoms with E-state index < -0.39 is 18.8 Å². The number of benzene rings is 2. The Morgan fingerprint density at radius 1 is 0.966 bits per heavy atom. The number of H-pyrrole nitrogens is 1. The zero-order valence-electron chi connectivity index (χ0n) is 32.6. The van der Waals surface area contributed by atoms with Crippen molar-refractivity contribution in [1.82, 2.24) is 35.2 Å². The number of halogens is 3. The summed E-state index contributed by atoms with van der Waals surface area (Å²) in [6.45, 7) is 11.4. The molecule has 0 bridgehead atoms. The van der Waals surface area contributed by atoms with Crippen molar-refractivity contribution < 1.29 is 27.5 Å². The monoisotopic (exact) mass is 795 g/mol. The van der Waals surface area contributed by atoms with Crippen LogP contribution in [0.2, 0.25) is 0 Å². The van der Waals surface area contributed by atoms with Gasteiger partial charge in [0.1, 0.15) is 18.2 Å². The van der Waals surface area contributed by atoms with Crippen molar-refractivity contribution in [3.63, 3.8) is 0 Å². The first-order valence-electron chi connectivity index (χ1n) is 20.5. The van der Waals surface area contributed by atoms with Crippen LogP contribution in [0.5, 0.6) is 5.75 Å². The molecular formula is C43H48F3N9O3. The number of amides is 2. The second-order valence-electron chi connectivity index (χ2n) is 17.0. The predicted molar refractivity (Wildman–Crippen MR) is 213 cm³/mol. The second kappa shape index (κ2) is 14.3. The minimum Gasteiger partial charge on any atom is -0.489 e. The lowest BCUT2D eigenvalue weighted by molar-refractivity contribution is -0.155. The van der Waals surface area contributed by atoms with E-state index in [1.54, 1.807) is 17.3 Å². The number of fused-ring (bicyclic) bond motifs is 8. The number of nitrogens with zero attached hydrogens (tertiary/aromatic N) is 7. The van der Waals surface area contributed by atoms with Crippen LogP contribution in [0.25, 0.3) is 10.9 Å². The van der Waals surface area contributed by atoms with Crippen LogP contribution >= 0.6 is 0 Å². The highest BCUT2D eigenvalue weighted by Crippen LogP contribution is 2.45. The average Bonchev–Trinajstić information content (AvgIpc) is 3.83. The fraction of sp³-hybridized carbons (Fsp3) is 0.488. The molecule has 15 heteroatoms. The van der Waals surface area contributed by atoms with E-state index in [1.807, 2.05) is 48.2 Å². The molecule has 304 valence electrons. The number of carbonyl (C=O) groups excluding carboxylic acids is 2. The maximum absolute atomic E-state index is 13.9. The molecule has 58 heavy (non-hydrogen) atoms. The van der Waals surface area contributed by atoms with E-state index >= 15 is 0 Å². The zero-order chi connectivity index (χ0) is 39.9. The highest BCUT2D eigenvalue weighted by Gasteiger charge is 2.43. The Morgan fingerprint density at radius 2 is 1.81 bits per heavy atom. The number of piperazine rings is 1. The highest BCUT2D eigenvalue weighted by molar-refractivity contribution is 6.01. The summed E-state index contributed by atoms with van der Waals surface area (Å²) < 4.78 is 48.2. The number of nitrogens with one attached hydrogen (secondary N) is 2. The molecule has 0 aliphatic carbocycles. The van der Waals surface area contributed by atoms with Gasteiger partial charge >= 0.3 is 6.18 Å². The number of aromatic amines is 1. The minimum absolute atomic E-state index is 0.0392. The van der Waals surface area contributed by atoms with Crippen LogP contribution in [-0.2, 0) is 17.8 Å². The summed E-state index contributed by atoms with van der Waals surface area (Å²) in [5.74, 6) is 2.12. The van der Waals surface area contributed by atoms with Gasteiger partial charge in [-0.3, -0.25) is 24.5 Å². The summed E-state index contributed by atoms with van der Waals surface area (Å²) in [7, 11) is 0. The third-order valence-electron chi connectivity index (χ3n) is 13.4. The van der Waals surface area contributed by atoms with Gasteiger partial charge in [-0.2, -0.15) is 18.3 Å². The molecule has 1 unspecified atom stereocenters. The molecule has 0 radical (unpaired) electrons. The van der Waals surface area contributed by atoms with Crippen molar-refractivity contribution in [2.45, 2.75) is 75.9 Å². The number of anilines is 2. The Labute approximate surface area is 335 Å². The number of alkyl halides is 3. The first kappa shape index (κ1) is 37.1. The number of hydrogen-bond donors (Lipinski definition) is 2. The number of carbonyl (C=O) groups is 2. The lowest BCUT2D eigenvalue weighted by Gasteiger charge is -2.47. The molecular weight excluding hydrogens is 748 g/mol. The third-order valence-corrected chi connectivity index (χ3v) is 13.4. The van der Waals surface area contributed by atoms with E-state index in [1.165, 1.54) is 0 Å². The molecule has 0 spiro atoms. The van der Waals surface area contributed by atoms with Crippen LogP contribution in [-0.4, -0.2) is 118 Å². The van der Waals surface area contributed by atoms with Crippen LogP contribution < -0.4 is 19.9 Å². The summed E-state index contributed by atoms with van der Waals surface area (Å²) in [6, 6.07) is 10.9. The molecule has 3 fully saturated rings. The Kier molecular flexibility index (Phi) is 9.15. The van der Waals surface area contributed by atoms with Crippen LogP contribution in [0.1, 0.15) is 71.3 Å². The van der Waals surface area contributed by atoms with E-state index in [0.717, 1.165) is 103 Å². The first-order chi connectivity index (χ1) is 28.0. The number of ether oxygens (including phenoxy) is 1. The SMILES string of the molecule is C=C1NC(=O)CC[C@@H]1N1Cc2c(ccc3c2OCC2CN(CC4CCN(c5ccc([C@H]6c7ccc8[nH]ncc8c7C[C@@H](C)N6CC(F)(F)F)cn5)CC4)CCN32)C1=O. The minimum atomic E-state index is -4.33. The fourth-order valence-electron chi connectivity index (χ4n) is 10.5. The van der Waals surface area contributed by atoms with Crippen molar-refractivity contribution >= 4 is 34.2 Å². The molecule has 10 rings (SSSR count). The lowest BCUT2D eigenvalue weighted by atomic mass is 9.84. The molecule has 6 aliphatic heterocycles. The van der Waals surface area contributed by atoms with Gasteiger partial charge in [-0.05, 0) is 79.5 Å². The summed E-state index contributed by atoms with van der Waals surface area (Å²) in [6.07, 6.45) is 2.76. The van der Waals surface area contributed by atoms with Crippen LogP contribution in [0, 0.1) is 5.92 Å². The summed E-state index contributed by atoms with van der Waals surface area (Å²) in [4.78, 5) is 40.9. The van der Waals surface area contributed by atoms with Crippen molar-refractivity contribution in [1.29, 1.82) is 0 Å². The number of hydrogen-bond acceptors (Lipinski definition) is 9. The maximum Gasteiger partial charge on any atom is 0.401 e. The Morgan fingerprint density at radius 3 is 2.59 bits per heavy atom. The van der Waals surface area contributed by atoms with Gasteiger partial charge in [-0.25, -0.2) is 4.98 Å². The van der Waals surface area contributed by atoms with E-state index in [9.17, 15) is 22.8 Å². The molecule has 6 aliphatic rings. The van der Waals surface area contributed by atoms with Gasteiger partial charge in [0.2, 0.25) is 5.91 Å². The summed E-state index contributed by atoms with van der Waals surface area (Å²) in [5, 5.41) is 11.0. The highest BCUT2D eigenvalue weighted by atomic mass is 19.4. The Bertz CT molecular complexity index is 2270. The number of pyridine rings is 1. The molecule has 2 N–H and O–H groups in total. The van der Waals surface area contributed by atoms with Gasteiger partial charge in [0.15, 0.2) is 0 Å². The molecule has 3 saturated heterocycles. The van der Waals surface area contributed by atoms with E-state index in [0.29, 0.717) is 49.6 Å². The van der Waals surface area contributed by atoms with Gasteiger partial charge in [0.25, 0.3) is 5.91 Å². The van der Waals surface area contributed by atoms with Gasteiger partial charge in [-0.15, -0.1) is 0 Å². The standard InChI is InChI=1S/C43H48F3N9O3/c1-25-17-32-30(4-6-35-33(32)19-48-50-35)40(55(25)24-43(44,45)46)28-3-9-38(47-18-28)52-13-11-27(12-14-52)20-51-15-16-53-29(21-51)23-58-41-34-22-54(36-8-10-39(56)49-26(36)2)42(57)31(34)5-7-37(41)53/h3-7,9,18-19,25,27,29,36,40H,2,8,10-17,20-24H2,1H3,(H,48,50)(H,49,56)/t25-,29?,36+,40+/m1/s1.